The zero-order valence-electron chi connectivity index (χ0n) is 9.74. The van der Waals surface area contributed by atoms with Crippen LogP contribution in [-0.2, 0) is 4.79 Å². The molecule has 0 saturated heterocycles. The van der Waals surface area contributed by atoms with Gasteiger partial charge in [-0.3, -0.25) is 9.59 Å². The number of nitrogens with one attached hydrogen (secondary N) is 1. The summed E-state index contributed by atoms with van der Waals surface area (Å²) in [5.74, 6) is -2.50. The highest BCUT2D eigenvalue weighted by Crippen LogP contribution is 2.25. The largest absolute Gasteiger partial charge is 0.481 e. The van der Waals surface area contributed by atoms with Crippen LogP contribution >= 0.6 is 11.6 Å². The van der Waals surface area contributed by atoms with E-state index in [0.717, 1.165) is 5.52 Å². The van der Waals surface area contributed by atoms with Crippen LogP contribution in [0.5, 0.6) is 0 Å². The molecule has 0 saturated carbocycles. The van der Waals surface area contributed by atoms with Crippen LogP contribution in [0.3, 0.4) is 0 Å². The molecule has 0 aliphatic heterocycles. The van der Waals surface area contributed by atoms with Crippen LogP contribution in [0.2, 0.25) is 5.02 Å². The molecule has 4 nitrogen and oxygen atoms in total. The molecule has 2 rings (SSSR count). The van der Waals surface area contributed by atoms with Crippen molar-refractivity contribution in [2.45, 2.75) is 13.3 Å². The number of benzene rings is 1. The Morgan fingerprint density at radius 3 is 2.78 bits per heavy atom. The summed E-state index contributed by atoms with van der Waals surface area (Å²) in [6, 6.07) is 5.13. The minimum Gasteiger partial charge on any atom is -0.481 e. The minimum absolute atomic E-state index is 0.265. The van der Waals surface area contributed by atoms with Crippen LogP contribution in [-0.4, -0.2) is 21.8 Å². The number of hydrogen-bond acceptors (Lipinski definition) is 2. The number of hydrogen-bond donors (Lipinski definition) is 2. The first kappa shape index (κ1) is 12.6. The van der Waals surface area contributed by atoms with E-state index >= 15 is 0 Å². The Bertz CT molecular complexity index is 618. The normalized spacial score (nSPS) is 12.6. The van der Waals surface area contributed by atoms with Gasteiger partial charge in [-0.1, -0.05) is 18.5 Å². The quantitative estimate of drug-likeness (QED) is 0.659. The molecule has 5 heteroatoms. The van der Waals surface area contributed by atoms with E-state index in [9.17, 15) is 9.59 Å². The van der Waals surface area contributed by atoms with E-state index in [1.165, 1.54) is 6.20 Å². The summed E-state index contributed by atoms with van der Waals surface area (Å²) in [6.07, 6.45) is 1.80. The first-order valence-electron chi connectivity index (χ1n) is 5.58. The molecule has 0 spiro atoms. The van der Waals surface area contributed by atoms with E-state index in [0.29, 0.717) is 16.0 Å². The first-order valence-corrected chi connectivity index (χ1v) is 5.96. The lowest BCUT2D eigenvalue weighted by atomic mass is 9.95. The monoisotopic (exact) mass is 265 g/mol. The summed E-state index contributed by atoms with van der Waals surface area (Å²) in [6.45, 7) is 1.68. The first-order chi connectivity index (χ1) is 8.54. The van der Waals surface area contributed by atoms with E-state index < -0.39 is 17.7 Å². The number of aromatic nitrogens is 1. The Balaban J connectivity index is 2.51. The summed E-state index contributed by atoms with van der Waals surface area (Å²) in [5, 5.41) is 10.2. The van der Waals surface area contributed by atoms with Crippen LogP contribution in [0, 0.1) is 5.92 Å². The fourth-order valence-corrected chi connectivity index (χ4v) is 2.13. The summed E-state index contributed by atoms with van der Waals surface area (Å²) in [4.78, 5) is 26.1. The molecular formula is C13H12ClNO3. The second-order valence-corrected chi connectivity index (χ2v) is 4.49. The van der Waals surface area contributed by atoms with Gasteiger partial charge in [-0.2, -0.15) is 0 Å². The van der Waals surface area contributed by atoms with E-state index in [4.69, 9.17) is 16.7 Å². The van der Waals surface area contributed by atoms with Gasteiger partial charge in [0.25, 0.3) is 0 Å². The molecule has 94 valence electrons. The van der Waals surface area contributed by atoms with E-state index in [1.54, 1.807) is 25.1 Å². The van der Waals surface area contributed by atoms with Crippen LogP contribution in [0.25, 0.3) is 10.9 Å². The Morgan fingerprint density at radius 2 is 2.17 bits per heavy atom. The van der Waals surface area contributed by atoms with Crippen molar-refractivity contribution < 1.29 is 14.7 Å². The van der Waals surface area contributed by atoms with Gasteiger partial charge in [0.1, 0.15) is 5.92 Å². The van der Waals surface area contributed by atoms with Gasteiger partial charge in [0, 0.05) is 27.7 Å². The van der Waals surface area contributed by atoms with Crippen molar-refractivity contribution >= 4 is 34.3 Å². The van der Waals surface area contributed by atoms with Gasteiger partial charge in [0.05, 0.1) is 0 Å². The zero-order valence-corrected chi connectivity index (χ0v) is 10.5. The molecular weight excluding hydrogens is 254 g/mol. The average molecular weight is 266 g/mol. The van der Waals surface area contributed by atoms with Crippen LogP contribution in [0.1, 0.15) is 23.7 Å². The van der Waals surface area contributed by atoms with Crippen molar-refractivity contribution in [2.24, 2.45) is 5.92 Å². The van der Waals surface area contributed by atoms with Crippen LogP contribution in [0.15, 0.2) is 24.4 Å². The predicted molar refractivity (Wildman–Crippen MR) is 69.1 cm³/mol. The Labute approximate surface area is 109 Å². The van der Waals surface area contributed by atoms with Gasteiger partial charge in [-0.15, -0.1) is 0 Å². The molecule has 0 bridgehead atoms. The molecule has 18 heavy (non-hydrogen) atoms. The number of H-pyrrole nitrogens is 1. The Morgan fingerprint density at radius 1 is 1.44 bits per heavy atom. The van der Waals surface area contributed by atoms with Crippen molar-refractivity contribution in [2.75, 3.05) is 0 Å². The number of carboxylic acids is 1. The van der Waals surface area contributed by atoms with Crippen molar-refractivity contribution in [3.8, 4) is 0 Å². The smallest absolute Gasteiger partial charge is 0.314 e. The summed E-state index contributed by atoms with van der Waals surface area (Å²) in [7, 11) is 0. The Hall–Kier alpha value is -1.81. The third kappa shape index (κ3) is 2.11. The number of carbonyl (C=O) groups excluding carboxylic acids is 1. The summed E-state index contributed by atoms with van der Waals surface area (Å²) < 4.78 is 0. The molecule has 0 fully saturated rings. The maximum Gasteiger partial charge on any atom is 0.314 e. The minimum atomic E-state index is -1.10. The van der Waals surface area contributed by atoms with Gasteiger partial charge in [-0.05, 0) is 24.6 Å². The van der Waals surface area contributed by atoms with Crippen molar-refractivity contribution in [1.29, 1.82) is 0 Å². The van der Waals surface area contributed by atoms with Crippen molar-refractivity contribution in [1.82, 2.24) is 4.98 Å². The van der Waals surface area contributed by atoms with Crippen molar-refractivity contribution in [3.63, 3.8) is 0 Å². The van der Waals surface area contributed by atoms with Gasteiger partial charge >= 0.3 is 5.97 Å². The SMILES string of the molecule is CCC(C(=O)O)C(=O)c1c[nH]c2ccc(Cl)cc12. The highest BCUT2D eigenvalue weighted by molar-refractivity contribution is 6.31. The number of ketones is 1. The van der Waals surface area contributed by atoms with Gasteiger partial charge in [-0.25, -0.2) is 0 Å². The molecule has 1 heterocycles. The highest BCUT2D eigenvalue weighted by Gasteiger charge is 2.27. The topological polar surface area (TPSA) is 70.2 Å². The molecule has 2 aromatic rings. The fraction of sp³-hybridized carbons (Fsp3) is 0.231. The van der Waals surface area contributed by atoms with Crippen LogP contribution in [0.4, 0.5) is 0 Å². The third-order valence-electron chi connectivity index (χ3n) is 2.93. The second kappa shape index (κ2) is 4.82. The maximum absolute atomic E-state index is 12.2. The number of Topliss-reactive ketones (excluding diaryl/α,β-unsaturated/α-hetero) is 1. The number of aromatic amines is 1. The standard InChI is InChI=1S/C13H12ClNO3/c1-2-8(13(17)18)12(16)10-6-15-11-4-3-7(14)5-9(10)11/h3-6,8,15H,2H2,1H3,(H,17,18). The molecule has 1 aromatic carbocycles. The molecule has 0 amide bonds. The molecule has 1 aromatic heterocycles. The molecule has 0 radical (unpaired) electrons. The van der Waals surface area contributed by atoms with Crippen LogP contribution < -0.4 is 0 Å². The van der Waals surface area contributed by atoms with E-state index in [2.05, 4.69) is 4.98 Å². The third-order valence-corrected chi connectivity index (χ3v) is 3.17. The highest BCUT2D eigenvalue weighted by atomic mass is 35.5. The number of carbonyl (C=O) groups is 2. The number of halogens is 1. The summed E-state index contributed by atoms with van der Waals surface area (Å²) in [5.41, 5.74) is 1.14. The number of fused-ring (bicyclic) bond motifs is 1. The maximum atomic E-state index is 12.2. The average Bonchev–Trinajstić information content (AvgIpc) is 2.71. The van der Waals surface area contributed by atoms with Crippen molar-refractivity contribution in [3.05, 3.63) is 35.0 Å². The second-order valence-electron chi connectivity index (χ2n) is 4.06. The lowest BCUT2D eigenvalue weighted by Gasteiger charge is -2.07. The molecule has 1 atom stereocenters. The zero-order chi connectivity index (χ0) is 13.3. The molecule has 1 unspecified atom stereocenters. The predicted octanol–water partition coefficient (Wildman–Crippen LogP) is 3.11. The number of carboxylic acid groups (broad SMARTS) is 1. The molecule has 0 aliphatic carbocycles. The van der Waals surface area contributed by atoms with E-state index in [1.807, 2.05) is 0 Å². The number of rotatable bonds is 4. The lowest BCUT2D eigenvalue weighted by Crippen LogP contribution is -2.22. The lowest BCUT2D eigenvalue weighted by molar-refractivity contribution is -0.140. The van der Waals surface area contributed by atoms with Gasteiger partial charge in [0.2, 0.25) is 0 Å². The molecule has 2 N–H and O–H groups in total. The van der Waals surface area contributed by atoms with Gasteiger partial charge < -0.3 is 10.1 Å². The van der Waals surface area contributed by atoms with E-state index in [-0.39, 0.29) is 6.42 Å². The Kier molecular flexibility index (Phi) is 3.39. The number of aliphatic carboxylic acids is 1. The van der Waals surface area contributed by atoms with Gasteiger partial charge in [0.15, 0.2) is 5.78 Å². The fourth-order valence-electron chi connectivity index (χ4n) is 1.96. The summed E-state index contributed by atoms with van der Waals surface area (Å²) >= 11 is 5.89. The molecule has 0 aliphatic rings.